The molecule has 0 aliphatic carbocycles. The molecule has 0 unspecified atom stereocenters. The first-order valence-electron chi connectivity index (χ1n) is 2.06. The minimum Gasteiger partial charge on any atom is -0.346 e. The van der Waals surface area contributed by atoms with Gasteiger partial charge in [-0.25, -0.2) is 0 Å². The maximum absolute atomic E-state index is 2.84. The molecule has 7 heavy (non-hydrogen) atoms. The summed E-state index contributed by atoms with van der Waals surface area (Å²) in [5.74, 6) is 2.71. The van der Waals surface area contributed by atoms with Crippen molar-refractivity contribution in [3.05, 3.63) is 0 Å². The van der Waals surface area contributed by atoms with Gasteiger partial charge in [0.1, 0.15) is 0 Å². The lowest BCUT2D eigenvalue weighted by Crippen LogP contribution is -2.01. The van der Waals surface area contributed by atoms with Gasteiger partial charge in [-0.15, -0.1) is 0 Å². The van der Waals surface area contributed by atoms with Crippen molar-refractivity contribution in [2.45, 2.75) is 13.8 Å². The van der Waals surface area contributed by atoms with Crippen LogP contribution in [0.3, 0.4) is 0 Å². The van der Waals surface area contributed by atoms with E-state index in [1.807, 2.05) is 13.8 Å². The van der Waals surface area contributed by atoms with Gasteiger partial charge in [0.15, 0.2) is 0 Å². The van der Waals surface area contributed by atoms with Gasteiger partial charge < -0.3 is 11.5 Å². The van der Waals surface area contributed by atoms with Crippen LogP contribution in [0.25, 0.3) is 0 Å². The van der Waals surface area contributed by atoms with Crippen LogP contribution in [0.5, 0.6) is 0 Å². The first kappa shape index (κ1) is 9.58. The second kappa shape index (κ2) is 9.01. The summed E-state index contributed by atoms with van der Waals surface area (Å²) in [4.78, 5) is 0. The highest BCUT2D eigenvalue weighted by Gasteiger charge is 1.56. The summed E-state index contributed by atoms with van der Waals surface area (Å²) >= 11 is 0. The zero-order valence-corrected chi connectivity index (χ0v) is 4.91. The maximum Gasteiger partial charge on any atom is 0.0201 e. The summed E-state index contributed by atoms with van der Waals surface area (Å²) in [6.07, 6.45) is 0. The van der Waals surface area contributed by atoms with Crippen LogP contribution in [0.1, 0.15) is 13.8 Å². The Labute approximate surface area is 44.9 Å². The van der Waals surface area contributed by atoms with Crippen LogP contribution in [-0.4, -0.2) is 6.54 Å². The van der Waals surface area contributed by atoms with E-state index in [1.165, 1.54) is 0 Å². The first-order valence-corrected chi connectivity index (χ1v) is 2.06. The molecule has 0 aliphatic heterocycles. The minimum absolute atomic E-state index is 0. The Morgan fingerprint density at radius 3 is 2.29 bits per heavy atom. The van der Waals surface area contributed by atoms with Crippen LogP contribution >= 0.6 is 0 Å². The number of hydrogen-bond acceptors (Lipinski definition) is 2. The number of nitrogens with one attached hydrogen (secondary N) is 1. The third-order valence-electron chi connectivity index (χ3n) is 0.390. The van der Waals surface area contributed by atoms with Crippen LogP contribution in [0.2, 0.25) is 0 Å². The molecule has 0 aromatic carbocycles. The molecule has 42 valence electrons. The van der Waals surface area contributed by atoms with Gasteiger partial charge >= 0.3 is 0 Å². The first-order chi connectivity index (χ1) is 2.91. The Hall–Kier alpha value is -0.680. The van der Waals surface area contributed by atoms with Gasteiger partial charge in [0, 0.05) is 12.6 Å². The summed E-state index contributed by atoms with van der Waals surface area (Å²) in [6, 6.07) is 2.70. The Balaban J connectivity index is 0. The quantitative estimate of drug-likeness (QED) is 0.377. The molecule has 0 aliphatic rings. The van der Waals surface area contributed by atoms with Crippen LogP contribution in [0.15, 0.2) is 0 Å². The molecule has 0 fully saturated rings. The average molecular weight is 100 g/mol. The molecule has 0 rings (SSSR count). The summed E-state index contributed by atoms with van der Waals surface area (Å²) in [5.41, 5.74) is 0. The molecular weight excluding hydrogens is 88.1 g/mol. The van der Waals surface area contributed by atoms with Crippen molar-refractivity contribution in [1.82, 2.24) is 11.5 Å². The SMILES string of the molecule is CC#CNCC.N. The van der Waals surface area contributed by atoms with E-state index in [9.17, 15) is 0 Å². The molecule has 0 amide bonds. The molecule has 0 saturated carbocycles. The second-order valence-electron chi connectivity index (χ2n) is 0.905. The van der Waals surface area contributed by atoms with Crippen molar-refractivity contribution in [3.8, 4) is 12.0 Å². The fourth-order valence-corrected chi connectivity index (χ4v) is 0.177. The predicted octanol–water partition coefficient (Wildman–Crippen LogP) is 0.739. The second-order valence-corrected chi connectivity index (χ2v) is 0.905. The molecule has 0 spiro atoms. The topological polar surface area (TPSA) is 47.0 Å². The molecule has 0 aromatic heterocycles. The van der Waals surface area contributed by atoms with Gasteiger partial charge in [0.2, 0.25) is 0 Å². The minimum atomic E-state index is 0. The number of hydrogen-bond donors (Lipinski definition) is 2. The van der Waals surface area contributed by atoms with Crippen molar-refractivity contribution in [1.29, 1.82) is 0 Å². The van der Waals surface area contributed by atoms with E-state index in [0.717, 1.165) is 6.54 Å². The van der Waals surface area contributed by atoms with Gasteiger partial charge in [0.05, 0.1) is 0 Å². The highest BCUT2D eigenvalue weighted by atomic mass is 14.8. The largest absolute Gasteiger partial charge is 0.346 e. The Morgan fingerprint density at radius 2 is 2.14 bits per heavy atom. The normalized spacial score (nSPS) is 4.86. The zero-order chi connectivity index (χ0) is 4.83. The monoisotopic (exact) mass is 100 g/mol. The van der Waals surface area contributed by atoms with Crippen molar-refractivity contribution >= 4 is 0 Å². The van der Waals surface area contributed by atoms with Gasteiger partial charge in [-0.1, -0.05) is 5.92 Å². The Morgan fingerprint density at radius 1 is 1.57 bits per heavy atom. The maximum atomic E-state index is 2.84. The van der Waals surface area contributed by atoms with Gasteiger partial charge in [-0.05, 0) is 13.8 Å². The van der Waals surface area contributed by atoms with Crippen molar-refractivity contribution in [2.75, 3.05) is 6.54 Å². The summed E-state index contributed by atoms with van der Waals surface area (Å²) in [5, 5.41) is 2.84. The van der Waals surface area contributed by atoms with Gasteiger partial charge in [-0.2, -0.15) is 0 Å². The third-order valence-corrected chi connectivity index (χ3v) is 0.390. The highest BCUT2D eigenvalue weighted by molar-refractivity contribution is 4.91. The average Bonchev–Trinajstić information content (AvgIpc) is 1.61. The van der Waals surface area contributed by atoms with Crippen molar-refractivity contribution in [3.63, 3.8) is 0 Å². The summed E-state index contributed by atoms with van der Waals surface area (Å²) in [7, 11) is 0. The predicted molar refractivity (Wildman–Crippen MR) is 32.1 cm³/mol. The summed E-state index contributed by atoms with van der Waals surface area (Å²) in [6.45, 7) is 4.76. The van der Waals surface area contributed by atoms with Crippen molar-refractivity contribution in [2.24, 2.45) is 0 Å². The van der Waals surface area contributed by atoms with E-state index in [2.05, 4.69) is 17.3 Å². The third kappa shape index (κ3) is 10.9. The molecule has 0 radical (unpaired) electrons. The molecular formula is C5H12N2. The fraction of sp³-hybridized carbons (Fsp3) is 0.600. The molecule has 0 atom stereocenters. The Kier molecular flexibility index (Phi) is 12.3. The highest BCUT2D eigenvalue weighted by Crippen LogP contribution is 1.45. The molecule has 0 aromatic rings. The van der Waals surface area contributed by atoms with E-state index in [0.29, 0.717) is 0 Å². The van der Waals surface area contributed by atoms with E-state index in [-0.39, 0.29) is 6.15 Å². The summed E-state index contributed by atoms with van der Waals surface area (Å²) < 4.78 is 0. The fourth-order valence-electron chi connectivity index (χ4n) is 0.177. The van der Waals surface area contributed by atoms with Crippen LogP contribution in [0, 0.1) is 12.0 Å². The molecule has 2 heteroatoms. The molecule has 0 bridgehead atoms. The molecule has 4 N–H and O–H groups in total. The van der Waals surface area contributed by atoms with Crippen LogP contribution in [-0.2, 0) is 0 Å². The standard InChI is InChI=1S/C5H9N.H3N/c1-3-5-6-4-2;/h6H,4H2,1-2H3;1H3. The van der Waals surface area contributed by atoms with Crippen molar-refractivity contribution < 1.29 is 0 Å². The van der Waals surface area contributed by atoms with Crippen LogP contribution in [0.4, 0.5) is 0 Å². The molecule has 0 saturated heterocycles. The Bertz CT molecular complexity index is 67.9. The van der Waals surface area contributed by atoms with Crippen LogP contribution < -0.4 is 11.5 Å². The van der Waals surface area contributed by atoms with E-state index < -0.39 is 0 Å². The lowest BCUT2D eigenvalue weighted by molar-refractivity contribution is 0.952. The zero-order valence-electron chi connectivity index (χ0n) is 4.91. The molecule has 2 nitrogen and oxygen atoms in total. The lowest BCUT2D eigenvalue weighted by Gasteiger charge is -1.80. The van der Waals surface area contributed by atoms with E-state index >= 15 is 0 Å². The van der Waals surface area contributed by atoms with E-state index in [1.54, 1.807) is 0 Å². The molecule has 0 heterocycles. The number of rotatable bonds is 1. The lowest BCUT2D eigenvalue weighted by atomic mass is 10.7. The smallest absolute Gasteiger partial charge is 0.0201 e. The van der Waals surface area contributed by atoms with E-state index in [4.69, 9.17) is 0 Å². The van der Waals surface area contributed by atoms with Gasteiger partial charge in [-0.3, -0.25) is 0 Å². The van der Waals surface area contributed by atoms with Gasteiger partial charge in [0.25, 0.3) is 0 Å².